The molecule has 2 N–H and O–H groups in total. The number of anilines is 1. The van der Waals surface area contributed by atoms with Gasteiger partial charge in [0.05, 0.1) is 12.9 Å². The lowest BCUT2D eigenvalue weighted by Gasteiger charge is -2.08. The third-order valence-electron chi connectivity index (χ3n) is 2.60. The number of ether oxygens (including phenoxy) is 1. The molecule has 0 aromatic carbocycles. The lowest BCUT2D eigenvalue weighted by atomic mass is 10.1. The Kier molecular flexibility index (Phi) is 4.46. The first-order valence-corrected chi connectivity index (χ1v) is 6.23. The van der Waals surface area contributed by atoms with E-state index in [1.807, 2.05) is 0 Å². The van der Waals surface area contributed by atoms with E-state index in [1.165, 1.54) is 6.33 Å². The van der Waals surface area contributed by atoms with Crippen LogP contribution in [0.3, 0.4) is 0 Å². The molecule has 2 rings (SSSR count). The minimum Gasteiger partial charge on any atom is -0.380 e. The fourth-order valence-electron chi connectivity index (χ4n) is 1.56. The smallest absolute Gasteiger partial charge is 0.182 e. The molecule has 2 aromatic rings. The fourth-order valence-corrected chi connectivity index (χ4v) is 1.56. The van der Waals surface area contributed by atoms with Gasteiger partial charge in [0.2, 0.25) is 0 Å². The molecule has 6 heteroatoms. The second-order valence-corrected chi connectivity index (χ2v) is 4.55. The lowest BCUT2D eigenvalue weighted by molar-refractivity contribution is 0.132. The number of aromatic nitrogens is 4. The molecule has 0 bridgehead atoms. The largest absolute Gasteiger partial charge is 0.380 e. The minimum absolute atomic E-state index is 0.673. The van der Waals surface area contributed by atoms with Crippen LogP contribution >= 0.6 is 0 Å². The molecule has 0 saturated heterocycles. The number of hydrogen-bond acceptors (Lipinski definition) is 5. The molecule has 2 heterocycles. The van der Waals surface area contributed by atoms with Crippen molar-refractivity contribution >= 4 is 17.0 Å². The predicted molar refractivity (Wildman–Crippen MR) is 70.4 cm³/mol. The highest BCUT2D eigenvalue weighted by Crippen LogP contribution is 2.13. The Labute approximate surface area is 106 Å². The Morgan fingerprint density at radius 3 is 3.00 bits per heavy atom. The van der Waals surface area contributed by atoms with E-state index in [0.29, 0.717) is 18.2 Å². The molecule has 2 aromatic heterocycles. The van der Waals surface area contributed by atoms with Gasteiger partial charge in [0.15, 0.2) is 11.5 Å². The first-order chi connectivity index (χ1) is 8.77. The van der Waals surface area contributed by atoms with Gasteiger partial charge in [0, 0.05) is 13.2 Å². The van der Waals surface area contributed by atoms with Crippen LogP contribution in [0.5, 0.6) is 0 Å². The van der Waals surface area contributed by atoms with E-state index >= 15 is 0 Å². The van der Waals surface area contributed by atoms with Gasteiger partial charge < -0.3 is 15.0 Å². The van der Waals surface area contributed by atoms with E-state index in [-0.39, 0.29) is 0 Å². The zero-order valence-electron chi connectivity index (χ0n) is 10.8. The second-order valence-electron chi connectivity index (χ2n) is 4.55. The van der Waals surface area contributed by atoms with Crippen LogP contribution in [-0.4, -0.2) is 39.7 Å². The van der Waals surface area contributed by atoms with E-state index < -0.39 is 0 Å². The maximum atomic E-state index is 5.53. The highest BCUT2D eigenvalue weighted by atomic mass is 16.5. The van der Waals surface area contributed by atoms with Gasteiger partial charge in [0.25, 0.3) is 0 Å². The molecule has 98 valence electrons. The first-order valence-electron chi connectivity index (χ1n) is 6.23. The highest BCUT2D eigenvalue weighted by molar-refractivity contribution is 5.81. The maximum Gasteiger partial charge on any atom is 0.182 e. The molecule has 0 aliphatic rings. The van der Waals surface area contributed by atoms with Gasteiger partial charge in [-0.05, 0) is 12.3 Å². The summed E-state index contributed by atoms with van der Waals surface area (Å²) in [6, 6.07) is 0. The number of nitrogens with one attached hydrogen (secondary N) is 2. The molecule has 0 aliphatic heterocycles. The van der Waals surface area contributed by atoms with Gasteiger partial charge in [-0.15, -0.1) is 0 Å². The Bertz CT molecular complexity index is 482. The van der Waals surface area contributed by atoms with E-state index in [0.717, 1.165) is 30.9 Å². The van der Waals surface area contributed by atoms with Crippen molar-refractivity contribution in [3.63, 3.8) is 0 Å². The van der Waals surface area contributed by atoms with Crippen LogP contribution < -0.4 is 5.32 Å². The number of rotatable bonds is 7. The number of H-pyrrole nitrogens is 1. The SMILES string of the molecule is CC(C)CCOCCNc1ncnc2nc[nH]c12. The van der Waals surface area contributed by atoms with Gasteiger partial charge >= 0.3 is 0 Å². The summed E-state index contributed by atoms with van der Waals surface area (Å²) in [5, 5.41) is 3.21. The van der Waals surface area contributed by atoms with Crippen LogP contribution in [0.4, 0.5) is 5.82 Å². The standard InChI is InChI=1S/C12H19N5O/c1-9(2)3-5-18-6-4-13-11-10-12(15-7-14-10)17-8-16-11/h7-9H,3-6H2,1-2H3,(H2,13,14,15,16,17). The zero-order chi connectivity index (χ0) is 12.8. The summed E-state index contributed by atoms with van der Waals surface area (Å²) in [4.78, 5) is 15.3. The molecule has 0 radical (unpaired) electrons. The molecule has 0 amide bonds. The van der Waals surface area contributed by atoms with E-state index in [4.69, 9.17) is 4.74 Å². The van der Waals surface area contributed by atoms with Crippen molar-refractivity contribution in [2.45, 2.75) is 20.3 Å². The molecule has 0 unspecified atom stereocenters. The minimum atomic E-state index is 0.673. The van der Waals surface area contributed by atoms with Crippen molar-refractivity contribution in [2.75, 3.05) is 25.1 Å². The predicted octanol–water partition coefficient (Wildman–Crippen LogP) is 1.83. The van der Waals surface area contributed by atoms with Crippen LogP contribution in [0.15, 0.2) is 12.7 Å². The topological polar surface area (TPSA) is 75.7 Å². The van der Waals surface area contributed by atoms with Crippen molar-refractivity contribution < 1.29 is 4.74 Å². The number of aromatic amines is 1. The third kappa shape index (κ3) is 3.40. The zero-order valence-corrected chi connectivity index (χ0v) is 10.8. The van der Waals surface area contributed by atoms with Crippen LogP contribution in [0.2, 0.25) is 0 Å². The molecule has 0 fully saturated rings. The summed E-state index contributed by atoms with van der Waals surface area (Å²) < 4.78 is 5.53. The second kappa shape index (κ2) is 6.30. The third-order valence-corrected chi connectivity index (χ3v) is 2.60. The fraction of sp³-hybridized carbons (Fsp3) is 0.583. The monoisotopic (exact) mass is 249 g/mol. The van der Waals surface area contributed by atoms with Crippen molar-refractivity contribution in [1.82, 2.24) is 19.9 Å². The van der Waals surface area contributed by atoms with Crippen LogP contribution in [0.1, 0.15) is 20.3 Å². The van der Waals surface area contributed by atoms with Crippen LogP contribution in [-0.2, 0) is 4.74 Å². The molecule has 0 aliphatic carbocycles. The average molecular weight is 249 g/mol. The maximum absolute atomic E-state index is 5.53. The molecule has 0 saturated carbocycles. The Morgan fingerprint density at radius 2 is 2.17 bits per heavy atom. The molecule has 6 nitrogen and oxygen atoms in total. The van der Waals surface area contributed by atoms with Crippen LogP contribution in [0, 0.1) is 5.92 Å². The summed E-state index contributed by atoms with van der Waals surface area (Å²) in [6.45, 7) is 6.59. The molecule has 18 heavy (non-hydrogen) atoms. The summed E-state index contributed by atoms with van der Waals surface area (Å²) in [7, 11) is 0. The van der Waals surface area contributed by atoms with Crippen molar-refractivity contribution in [1.29, 1.82) is 0 Å². The Hall–Kier alpha value is -1.69. The summed E-state index contributed by atoms with van der Waals surface area (Å²) in [6.07, 6.45) is 4.22. The summed E-state index contributed by atoms with van der Waals surface area (Å²) in [5.41, 5.74) is 1.51. The van der Waals surface area contributed by atoms with Crippen LogP contribution in [0.25, 0.3) is 11.2 Å². The highest BCUT2D eigenvalue weighted by Gasteiger charge is 2.04. The van der Waals surface area contributed by atoms with Gasteiger partial charge in [-0.25, -0.2) is 15.0 Å². The number of hydrogen-bond donors (Lipinski definition) is 2. The molecule has 0 spiro atoms. The van der Waals surface area contributed by atoms with E-state index in [1.54, 1.807) is 6.33 Å². The Balaban J connectivity index is 1.75. The van der Waals surface area contributed by atoms with E-state index in [9.17, 15) is 0 Å². The Morgan fingerprint density at radius 1 is 1.28 bits per heavy atom. The summed E-state index contributed by atoms with van der Waals surface area (Å²) >= 11 is 0. The van der Waals surface area contributed by atoms with Crippen molar-refractivity contribution in [3.05, 3.63) is 12.7 Å². The van der Waals surface area contributed by atoms with E-state index in [2.05, 4.69) is 39.1 Å². The van der Waals surface area contributed by atoms with Gasteiger partial charge in [-0.3, -0.25) is 0 Å². The quantitative estimate of drug-likeness (QED) is 0.732. The first kappa shape index (κ1) is 12.8. The molecule has 0 atom stereocenters. The number of nitrogens with zero attached hydrogens (tertiary/aromatic N) is 3. The average Bonchev–Trinajstić information content (AvgIpc) is 2.82. The summed E-state index contributed by atoms with van der Waals surface area (Å²) in [5.74, 6) is 1.45. The van der Waals surface area contributed by atoms with Crippen molar-refractivity contribution in [2.24, 2.45) is 5.92 Å². The number of imidazole rings is 1. The van der Waals surface area contributed by atoms with Crippen molar-refractivity contribution in [3.8, 4) is 0 Å². The number of fused-ring (bicyclic) bond motifs is 1. The van der Waals surface area contributed by atoms with Gasteiger partial charge in [-0.1, -0.05) is 13.8 Å². The normalized spacial score (nSPS) is 11.3. The molecular formula is C12H19N5O. The van der Waals surface area contributed by atoms with Gasteiger partial charge in [0.1, 0.15) is 11.8 Å². The lowest BCUT2D eigenvalue weighted by Crippen LogP contribution is -2.12. The molecular weight excluding hydrogens is 230 g/mol. The van der Waals surface area contributed by atoms with Gasteiger partial charge in [-0.2, -0.15) is 0 Å².